The van der Waals surface area contributed by atoms with Gasteiger partial charge in [-0.2, -0.15) is 4.31 Å². The maximum atomic E-state index is 13.5. The van der Waals surface area contributed by atoms with Gasteiger partial charge in [-0.25, -0.2) is 21.2 Å². The van der Waals surface area contributed by atoms with E-state index in [0.29, 0.717) is 0 Å². The fourth-order valence-electron chi connectivity index (χ4n) is 2.43. The van der Waals surface area contributed by atoms with Gasteiger partial charge in [-0.15, -0.1) is 0 Å². The molecule has 1 aliphatic rings. The molecule has 118 valence electrons. The van der Waals surface area contributed by atoms with Crippen LogP contribution in [0.4, 0.5) is 10.1 Å². The summed E-state index contributed by atoms with van der Waals surface area (Å²) in [7, 11) is -7.16. The van der Waals surface area contributed by atoms with Gasteiger partial charge in [0, 0.05) is 12.6 Å². The highest BCUT2D eigenvalue weighted by Crippen LogP contribution is 2.26. The number of anilines is 1. The molecule has 21 heavy (non-hydrogen) atoms. The Kier molecular flexibility index (Phi) is 4.27. The minimum Gasteiger partial charge on any atom is -0.396 e. The molecule has 0 saturated carbocycles. The van der Waals surface area contributed by atoms with Crippen LogP contribution < -0.4 is 5.73 Å². The molecule has 1 atom stereocenters. The third-order valence-electron chi connectivity index (χ3n) is 3.51. The Morgan fingerprint density at radius 2 is 2.10 bits per heavy atom. The van der Waals surface area contributed by atoms with Crippen molar-refractivity contribution in [1.29, 1.82) is 0 Å². The summed E-state index contributed by atoms with van der Waals surface area (Å²) in [4.78, 5) is -0.222. The van der Waals surface area contributed by atoms with Crippen molar-refractivity contribution in [2.75, 3.05) is 23.8 Å². The molecule has 0 bridgehead atoms. The lowest BCUT2D eigenvalue weighted by atomic mass is 10.3. The normalized spacial score (nSPS) is 21.8. The Bertz CT molecular complexity index is 747. The summed E-state index contributed by atoms with van der Waals surface area (Å²) < 4.78 is 62.7. The van der Waals surface area contributed by atoms with E-state index >= 15 is 0 Å². The van der Waals surface area contributed by atoms with Crippen molar-refractivity contribution in [3.63, 3.8) is 0 Å². The second-order valence-corrected chi connectivity index (χ2v) is 9.07. The van der Waals surface area contributed by atoms with Crippen LogP contribution in [0.5, 0.6) is 0 Å². The molecule has 1 aromatic carbocycles. The second-order valence-electron chi connectivity index (χ2n) is 4.95. The third kappa shape index (κ3) is 3.19. The Morgan fingerprint density at radius 1 is 1.43 bits per heavy atom. The summed E-state index contributed by atoms with van der Waals surface area (Å²) in [5.74, 6) is -1.04. The number of nitrogens with two attached hydrogens (primary N) is 1. The van der Waals surface area contributed by atoms with E-state index in [9.17, 15) is 21.2 Å². The lowest BCUT2D eigenvalue weighted by Crippen LogP contribution is -2.40. The molecule has 2 rings (SSSR count). The lowest BCUT2D eigenvalue weighted by molar-refractivity contribution is 0.354. The fraction of sp³-hybridized carbons (Fsp3) is 0.500. The van der Waals surface area contributed by atoms with Gasteiger partial charge in [0.15, 0.2) is 9.84 Å². The van der Waals surface area contributed by atoms with Crippen molar-refractivity contribution >= 4 is 25.5 Å². The molecule has 0 aliphatic carbocycles. The minimum absolute atomic E-state index is 0.0280. The van der Waals surface area contributed by atoms with Crippen LogP contribution >= 0.6 is 0 Å². The number of hydrogen-bond donors (Lipinski definition) is 1. The Morgan fingerprint density at radius 3 is 2.57 bits per heavy atom. The monoisotopic (exact) mass is 336 g/mol. The molecule has 0 spiro atoms. The topological polar surface area (TPSA) is 97.5 Å². The number of halogens is 1. The van der Waals surface area contributed by atoms with Crippen molar-refractivity contribution in [3.05, 3.63) is 24.0 Å². The average molecular weight is 336 g/mol. The largest absolute Gasteiger partial charge is 0.396 e. The Labute approximate surface area is 123 Å². The smallest absolute Gasteiger partial charge is 0.243 e. The molecular weight excluding hydrogens is 319 g/mol. The van der Waals surface area contributed by atoms with Gasteiger partial charge < -0.3 is 5.73 Å². The van der Waals surface area contributed by atoms with E-state index in [4.69, 9.17) is 5.73 Å². The number of sulfonamides is 1. The van der Waals surface area contributed by atoms with Gasteiger partial charge >= 0.3 is 0 Å². The number of hydrogen-bond acceptors (Lipinski definition) is 5. The van der Waals surface area contributed by atoms with Crippen LogP contribution in [0.2, 0.25) is 0 Å². The van der Waals surface area contributed by atoms with Crippen LogP contribution in [0, 0.1) is 5.82 Å². The maximum absolute atomic E-state index is 13.5. The summed E-state index contributed by atoms with van der Waals surface area (Å²) in [6.45, 7) is 1.74. The molecule has 1 fully saturated rings. The molecule has 9 heteroatoms. The van der Waals surface area contributed by atoms with E-state index in [0.717, 1.165) is 10.4 Å². The van der Waals surface area contributed by atoms with Crippen LogP contribution in [0.3, 0.4) is 0 Å². The summed E-state index contributed by atoms with van der Waals surface area (Å²) >= 11 is 0. The first kappa shape index (κ1) is 16.2. The number of nitrogen functional groups attached to an aromatic ring is 1. The second kappa shape index (κ2) is 5.54. The summed E-state index contributed by atoms with van der Waals surface area (Å²) in [6.07, 6.45) is 0.257. The molecular formula is C12H17FN2O4S2. The van der Waals surface area contributed by atoms with Crippen molar-refractivity contribution in [2.45, 2.75) is 24.3 Å². The summed E-state index contributed by atoms with van der Waals surface area (Å²) in [5, 5.41) is 0. The highest BCUT2D eigenvalue weighted by atomic mass is 32.2. The number of rotatable bonds is 4. The maximum Gasteiger partial charge on any atom is 0.243 e. The first-order valence-electron chi connectivity index (χ1n) is 6.44. The van der Waals surface area contributed by atoms with Gasteiger partial charge in [0.25, 0.3) is 0 Å². The van der Waals surface area contributed by atoms with Crippen molar-refractivity contribution in [2.24, 2.45) is 0 Å². The average Bonchev–Trinajstić information content (AvgIpc) is 2.73. The molecule has 1 aromatic rings. The number of sulfone groups is 1. The highest BCUT2D eigenvalue weighted by molar-refractivity contribution is 7.92. The molecule has 1 aliphatic heterocycles. The fourth-order valence-corrected chi connectivity index (χ4v) is 5.93. The number of nitrogens with zero attached hydrogens (tertiary/aromatic N) is 1. The SMILES string of the molecule is CCN(C1CCS(=O)(=O)C1)S(=O)(=O)c1ccc(N)c(F)c1. The van der Waals surface area contributed by atoms with E-state index in [1.807, 2.05) is 0 Å². The molecule has 6 nitrogen and oxygen atoms in total. The zero-order valence-corrected chi connectivity index (χ0v) is 13.1. The zero-order chi connectivity index (χ0) is 15.8. The Hall–Kier alpha value is -1.19. The van der Waals surface area contributed by atoms with E-state index in [1.54, 1.807) is 6.92 Å². The van der Waals surface area contributed by atoms with Crippen LogP contribution in [0.1, 0.15) is 13.3 Å². The van der Waals surface area contributed by atoms with Gasteiger partial charge in [-0.05, 0) is 24.6 Å². The first-order valence-corrected chi connectivity index (χ1v) is 9.71. The quantitative estimate of drug-likeness (QED) is 0.812. The van der Waals surface area contributed by atoms with Gasteiger partial charge in [-0.3, -0.25) is 0 Å². The third-order valence-corrected chi connectivity index (χ3v) is 7.28. The van der Waals surface area contributed by atoms with Crippen LogP contribution in [0.15, 0.2) is 23.1 Å². The summed E-state index contributed by atoms with van der Waals surface area (Å²) in [5.41, 5.74) is 5.20. The zero-order valence-electron chi connectivity index (χ0n) is 11.5. The molecule has 2 N–H and O–H groups in total. The predicted molar refractivity (Wildman–Crippen MR) is 77.4 cm³/mol. The van der Waals surface area contributed by atoms with Crippen molar-refractivity contribution in [1.82, 2.24) is 4.31 Å². The van der Waals surface area contributed by atoms with Crippen LogP contribution in [-0.4, -0.2) is 45.2 Å². The first-order chi connectivity index (χ1) is 9.67. The Balaban J connectivity index is 2.38. The van der Waals surface area contributed by atoms with E-state index in [-0.39, 0.29) is 35.1 Å². The molecule has 0 aromatic heterocycles. The van der Waals surface area contributed by atoms with Crippen molar-refractivity contribution in [3.8, 4) is 0 Å². The van der Waals surface area contributed by atoms with Crippen LogP contribution in [0.25, 0.3) is 0 Å². The van der Waals surface area contributed by atoms with Crippen molar-refractivity contribution < 1.29 is 21.2 Å². The molecule has 1 heterocycles. The molecule has 1 unspecified atom stereocenters. The molecule has 0 radical (unpaired) electrons. The molecule has 0 amide bonds. The molecule has 1 saturated heterocycles. The van der Waals surface area contributed by atoms with Crippen LogP contribution in [-0.2, 0) is 19.9 Å². The number of benzene rings is 1. The van der Waals surface area contributed by atoms with Gasteiger partial charge in [0.05, 0.1) is 22.1 Å². The highest BCUT2D eigenvalue weighted by Gasteiger charge is 2.38. The van der Waals surface area contributed by atoms with Gasteiger partial charge in [0.2, 0.25) is 10.0 Å². The van der Waals surface area contributed by atoms with E-state index < -0.39 is 31.7 Å². The lowest BCUT2D eigenvalue weighted by Gasteiger charge is -2.26. The van der Waals surface area contributed by atoms with E-state index in [2.05, 4.69) is 0 Å². The minimum atomic E-state index is -3.95. The predicted octanol–water partition coefficient (Wildman–Crippen LogP) is 0.606. The summed E-state index contributed by atoms with van der Waals surface area (Å²) in [6, 6.07) is 2.66. The van der Waals surface area contributed by atoms with Gasteiger partial charge in [0.1, 0.15) is 5.82 Å². The van der Waals surface area contributed by atoms with Gasteiger partial charge in [-0.1, -0.05) is 6.92 Å². The standard InChI is InChI=1S/C12H17FN2O4S2/c1-2-15(9-5-6-20(16,17)8-9)21(18,19)10-3-4-12(14)11(13)7-10/h3-4,7,9H,2,5-6,8,14H2,1H3. The van der Waals surface area contributed by atoms with E-state index in [1.165, 1.54) is 12.1 Å².